The number of piperidine rings is 1. The predicted octanol–water partition coefficient (Wildman–Crippen LogP) is 6.44. The number of hydrogen-bond donors (Lipinski definition) is 0. The van der Waals surface area contributed by atoms with Gasteiger partial charge in [0.1, 0.15) is 0 Å². The van der Waals surface area contributed by atoms with E-state index in [1.165, 1.54) is 36.7 Å². The van der Waals surface area contributed by atoms with E-state index in [0.29, 0.717) is 11.4 Å². The molecule has 2 aliphatic heterocycles. The number of carbonyl (C=O) groups excluding carboxylic acids is 1. The Morgan fingerprint density at radius 3 is 2.56 bits per heavy atom. The summed E-state index contributed by atoms with van der Waals surface area (Å²) in [5.74, 6) is 0.0109. The molecule has 174 valence electrons. The molecule has 1 aromatic heterocycles. The number of likely N-dealkylation sites (N-methyl/N-ethyl adjacent to an activating group) is 1. The van der Waals surface area contributed by atoms with Gasteiger partial charge in [-0.15, -0.1) is 6.58 Å². The lowest BCUT2D eigenvalue weighted by Crippen LogP contribution is -2.29. The van der Waals surface area contributed by atoms with Crippen LogP contribution >= 0.6 is 11.8 Å². The third-order valence-corrected chi connectivity index (χ3v) is 7.44. The molecule has 3 heterocycles. The van der Waals surface area contributed by atoms with Gasteiger partial charge in [0.25, 0.3) is 5.91 Å². The van der Waals surface area contributed by atoms with E-state index < -0.39 is 0 Å². The van der Waals surface area contributed by atoms with E-state index in [4.69, 9.17) is 4.99 Å². The van der Waals surface area contributed by atoms with Crippen molar-refractivity contribution in [2.45, 2.75) is 32.7 Å². The summed E-state index contributed by atoms with van der Waals surface area (Å²) in [5, 5.41) is 1.87. The highest BCUT2D eigenvalue weighted by molar-refractivity contribution is 8.18. The van der Waals surface area contributed by atoms with Gasteiger partial charge in [0.05, 0.1) is 10.6 Å². The van der Waals surface area contributed by atoms with Crippen molar-refractivity contribution in [3.05, 3.63) is 77.9 Å². The fourth-order valence-corrected chi connectivity index (χ4v) is 5.75. The summed E-state index contributed by atoms with van der Waals surface area (Å²) in [4.78, 5) is 22.9. The van der Waals surface area contributed by atoms with Gasteiger partial charge in [-0.05, 0) is 74.4 Å². The molecule has 5 rings (SSSR count). The molecular formula is C28H30N4OS. The van der Waals surface area contributed by atoms with Crippen molar-refractivity contribution < 1.29 is 4.79 Å². The molecule has 2 aliphatic rings. The Balaban J connectivity index is 1.42. The van der Waals surface area contributed by atoms with Gasteiger partial charge >= 0.3 is 0 Å². The molecule has 0 saturated carbocycles. The van der Waals surface area contributed by atoms with Gasteiger partial charge < -0.3 is 9.47 Å². The number of allylic oxidation sites excluding steroid dienone is 1. The van der Waals surface area contributed by atoms with Crippen LogP contribution in [0, 0.1) is 0 Å². The number of amidine groups is 1. The number of hydrogen-bond acceptors (Lipinski definition) is 4. The summed E-state index contributed by atoms with van der Waals surface area (Å²) in [6.07, 6.45) is 9.83. The molecule has 34 heavy (non-hydrogen) atoms. The SMILES string of the molecule is C=CCn1cc(/C=C2\SC(=Nc3ccc(N4CCCCC4)cc3)N(CC)C2=O)c2ccccc21. The van der Waals surface area contributed by atoms with E-state index in [0.717, 1.165) is 47.0 Å². The van der Waals surface area contributed by atoms with Crippen LogP contribution in [0.15, 0.2) is 77.3 Å². The Kier molecular flexibility index (Phi) is 6.59. The maximum absolute atomic E-state index is 13.2. The monoisotopic (exact) mass is 470 g/mol. The topological polar surface area (TPSA) is 40.8 Å². The van der Waals surface area contributed by atoms with Crippen molar-refractivity contribution in [1.82, 2.24) is 9.47 Å². The number of para-hydroxylation sites is 1. The smallest absolute Gasteiger partial charge is 0.266 e. The van der Waals surface area contributed by atoms with Crippen LogP contribution in [-0.2, 0) is 11.3 Å². The molecule has 2 saturated heterocycles. The lowest BCUT2D eigenvalue weighted by Gasteiger charge is -2.28. The number of aromatic nitrogens is 1. The second-order valence-electron chi connectivity index (χ2n) is 8.66. The number of nitrogens with zero attached hydrogens (tertiary/aromatic N) is 4. The Bertz CT molecular complexity index is 1270. The number of anilines is 1. The minimum Gasteiger partial charge on any atom is -0.372 e. The summed E-state index contributed by atoms with van der Waals surface area (Å²) in [6.45, 7) is 9.43. The van der Waals surface area contributed by atoms with E-state index in [1.807, 2.05) is 31.2 Å². The Morgan fingerprint density at radius 2 is 1.82 bits per heavy atom. The molecule has 0 radical (unpaired) electrons. The fourth-order valence-electron chi connectivity index (χ4n) is 4.69. The average molecular weight is 471 g/mol. The van der Waals surface area contributed by atoms with Crippen LogP contribution in [0.4, 0.5) is 11.4 Å². The van der Waals surface area contributed by atoms with Crippen LogP contribution in [0.3, 0.4) is 0 Å². The van der Waals surface area contributed by atoms with Crippen LogP contribution in [-0.4, -0.2) is 40.2 Å². The molecule has 2 fully saturated rings. The van der Waals surface area contributed by atoms with Crippen LogP contribution in [0.1, 0.15) is 31.7 Å². The van der Waals surface area contributed by atoms with Gasteiger partial charge in [0.15, 0.2) is 5.17 Å². The van der Waals surface area contributed by atoms with Crippen molar-refractivity contribution in [3.63, 3.8) is 0 Å². The Labute approximate surface area is 205 Å². The molecule has 5 nitrogen and oxygen atoms in total. The maximum atomic E-state index is 13.2. The number of thioether (sulfide) groups is 1. The molecule has 1 amide bonds. The first-order chi connectivity index (χ1) is 16.7. The largest absolute Gasteiger partial charge is 0.372 e. The second-order valence-corrected chi connectivity index (χ2v) is 9.67. The molecule has 0 unspecified atom stereocenters. The van der Waals surface area contributed by atoms with Crippen molar-refractivity contribution in [1.29, 1.82) is 0 Å². The van der Waals surface area contributed by atoms with E-state index in [1.54, 1.807) is 4.90 Å². The molecular weight excluding hydrogens is 440 g/mol. The Morgan fingerprint density at radius 1 is 1.06 bits per heavy atom. The molecule has 0 aliphatic carbocycles. The van der Waals surface area contributed by atoms with Crippen molar-refractivity contribution >= 4 is 51.2 Å². The normalized spacial score (nSPS) is 19.0. The number of benzene rings is 2. The first-order valence-electron chi connectivity index (χ1n) is 12.0. The molecule has 0 bridgehead atoms. The van der Waals surface area contributed by atoms with Gasteiger partial charge in [0, 0.05) is 54.5 Å². The highest BCUT2D eigenvalue weighted by Crippen LogP contribution is 2.36. The number of fused-ring (bicyclic) bond motifs is 1. The van der Waals surface area contributed by atoms with Crippen LogP contribution in [0.25, 0.3) is 17.0 Å². The van der Waals surface area contributed by atoms with Gasteiger partial charge in [-0.3, -0.25) is 9.69 Å². The highest BCUT2D eigenvalue weighted by Gasteiger charge is 2.32. The van der Waals surface area contributed by atoms with E-state index >= 15 is 0 Å². The summed E-state index contributed by atoms with van der Waals surface area (Å²) in [5.41, 5.74) is 4.30. The summed E-state index contributed by atoms with van der Waals surface area (Å²) < 4.78 is 2.16. The van der Waals surface area contributed by atoms with Crippen LogP contribution < -0.4 is 4.90 Å². The minimum atomic E-state index is 0.0109. The standard InChI is InChI=1S/C28H30N4OS/c1-3-16-31-20-21(24-10-6-7-11-25(24)31)19-26-27(33)32(4-2)28(34-26)29-22-12-14-23(15-13-22)30-17-8-5-9-18-30/h3,6-7,10-15,19-20H,1,4-5,8-9,16-18H2,2H3/b26-19-,29-28?. The second kappa shape index (κ2) is 9.94. The van der Waals surface area contributed by atoms with Crippen molar-refractivity contribution in [2.24, 2.45) is 4.99 Å². The fraction of sp³-hybridized carbons (Fsp3) is 0.286. The molecule has 6 heteroatoms. The van der Waals surface area contributed by atoms with Crippen molar-refractivity contribution in [3.8, 4) is 0 Å². The summed E-state index contributed by atoms with van der Waals surface area (Å²) in [7, 11) is 0. The Hall–Kier alpha value is -3.25. The van der Waals surface area contributed by atoms with Crippen LogP contribution in [0.5, 0.6) is 0 Å². The number of aliphatic imine (C=N–C) groups is 1. The van der Waals surface area contributed by atoms with Gasteiger partial charge in [-0.2, -0.15) is 0 Å². The number of amides is 1. The molecule has 3 aromatic rings. The first kappa shape index (κ1) is 22.5. The predicted molar refractivity (Wildman–Crippen MR) is 145 cm³/mol. The lowest BCUT2D eigenvalue weighted by atomic mass is 10.1. The van der Waals surface area contributed by atoms with E-state index in [-0.39, 0.29) is 5.91 Å². The lowest BCUT2D eigenvalue weighted by molar-refractivity contribution is -0.122. The zero-order valence-corrected chi connectivity index (χ0v) is 20.4. The average Bonchev–Trinajstić information content (AvgIpc) is 3.37. The quantitative estimate of drug-likeness (QED) is 0.307. The van der Waals surface area contributed by atoms with E-state index in [9.17, 15) is 4.79 Å². The zero-order valence-electron chi connectivity index (χ0n) is 19.6. The summed E-state index contributed by atoms with van der Waals surface area (Å²) >= 11 is 1.45. The minimum absolute atomic E-state index is 0.0109. The van der Waals surface area contributed by atoms with Crippen molar-refractivity contribution in [2.75, 3.05) is 24.5 Å². The van der Waals surface area contributed by atoms with Gasteiger partial charge in [-0.25, -0.2) is 4.99 Å². The molecule has 2 aromatic carbocycles. The molecule has 0 spiro atoms. The third-order valence-electron chi connectivity index (χ3n) is 6.43. The summed E-state index contributed by atoms with van der Waals surface area (Å²) in [6, 6.07) is 16.7. The van der Waals surface area contributed by atoms with Crippen LogP contribution in [0.2, 0.25) is 0 Å². The van der Waals surface area contributed by atoms with Gasteiger partial charge in [0.2, 0.25) is 0 Å². The number of carbonyl (C=O) groups is 1. The maximum Gasteiger partial charge on any atom is 0.266 e. The molecule has 0 atom stereocenters. The molecule has 0 N–H and O–H groups in total. The third kappa shape index (κ3) is 4.42. The van der Waals surface area contributed by atoms with E-state index in [2.05, 4.69) is 58.6 Å². The first-order valence-corrected chi connectivity index (χ1v) is 12.8. The van der Waals surface area contributed by atoms with Gasteiger partial charge in [-0.1, -0.05) is 24.3 Å². The number of rotatable bonds is 6. The zero-order chi connectivity index (χ0) is 23.5. The highest BCUT2D eigenvalue weighted by atomic mass is 32.2.